The Kier molecular flexibility index (Phi) is 23.9. The summed E-state index contributed by atoms with van der Waals surface area (Å²) >= 11 is 10.5. The molecule has 5 aromatic rings. The number of ether oxygens (including phenoxy) is 4. The number of anilines is 3. The fraction of sp³-hybridized carbons (Fsp3) is 0.556. The van der Waals surface area contributed by atoms with Gasteiger partial charge in [-0.1, -0.05) is 32.9 Å². The quantitative estimate of drug-likeness (QED) is 0.0313. The number of amides is 7. The van der Waals surface area contributed by atoms with E-state index in [1.807, 2.05) is 0 Å². The van der Waals surface area contributed by atoms with Crippen molar-refractivity contribution in [3.05, 3.63) is 55.1 Å². The lowest BCUT2D eigenvalue weighted by Crippen LogP contribution is -2.46. The van der Waals surface area contributed by atoms with Crippen LogP contribution in [0.15, 0.2) is 49.6 Å². The minimum Gasteiger partial charge on any atom is -0.481 e. The van der Waals surface area contributed by atoms with Gasteiger partial charge in [-0.2, -0.15) is 0 Å². The molecule has 15 atom stereocenters. The first-order valence-corrected chi connectivity index (χ1v) is 35.0. The molecule has 12 N–H and O–H groups in total. The molecule has 4 aliphatic heterocycles. The maximum atomic E-state index is 16.8. The lowest BCUT2D eigenvalue weighted by Gasteiger charge is -2.29. The largest absolute Gasteiger partial charge is 0.481 e. The summed E-state index contributed by atoms with van der Waals surface area (Å²) in [4.78, 5) is 150. The molecule has 42 heteroatoms. The second-order valence-electron chi connectivity index (χ2n) is 23.1. The van der Waals surface area contributed by atoms with Gasteiger partial charge in [0.05, 0.1) is 50.4 Å². The van der Waals surface area contributed by atoms with Gasteiger partial charge in [-0.25, -0.2) is 57.5 Å². The Balaban J connectivity index is 0.761. The van der Waals surface area contributed by atoms with Crippen molar-refractivity contribution in [2.24, 2.45) is 23.5 Å². The van der Waals surface area contributed by atoms with E-state index in [0.29, 0.717) is 11.3 Å². The van der Waals surface area contributed by atoms with E-state index < -0.39 is 173 Å². The molecule has 35 nitrogen and oxygen atoms in total. The van der Waals surface area contributed by atoms with E-state index >= 15 is 8.78 Å². The number of hydrogen-bond donors (Lipinski definition) is 10. The van der Waals surface area contributed by atoms with Gasteiger partial charge in [-0.3, -0.25) is 52.4 Å². The summed E-state index contributed by atoms with van der Waals surface area (Å²) < 4.78 is 95.7. The molecule has 4 aromatic heterocycles. The van der Waals surface area contributed by atoms with Gasteiger partial charge >= 0.3 is 37.6 Å². The molecule has 9 rings (SSSR count). The number of nitrogens with one attached hydrogen (secondary N) is 5. The van der Waals surface area contributed by atoms with Crippen molar-refractivity contribution < 1.29 is 103 Å². The number of likely N-dealkylation sites (tertiary alicyclic amines) is 1. The summed E-state index contributed by atoms with van der Waals surface area (Å²) in [5.41, 5.74) is 11.8. The van der Waals surface area contributed by atoms with Crippen LogP contribution in [-0.4, -0.2) is 201 Å². The van der Waals surface area contributed by atoms with E-state index in [2.05, 4.69) is 56.5 Å². The van der Waals surface area contributed by atoms with Crippen molar-refractivity contribution in [1.82, 2.24) is 59.9 Å². The number of carboxylic acids is 1. The Morgan fingerprint density at radius 1 is 0.771 bits per heavy atom. The number of nitrogens with two attached hydrogens (primary N) is 2. The number of alkyl halides is 3. The Bertz CT molecular complexity index is 3800. The molecule has 0 bridgehead atoms. The first-order valence-electron chi connectivity index (χ1n) is 29.8. The van der Waals surface area contributed by atoms with Gasteiger partial charge < -0.3 is 75.6 Å². The van der Waals surface area contributed by atoms with Crippen LogP contribution in [0.5, 0.6) is 0 Å². The third-order valence-electron chi connectivity index (χ3n) is 15.7. The molecule has 1 aromatic carbocycles. The highest BCUT2D eigenvalue weighted by Gasteiger charge is 2.54. The number of Topliss-reactive ketones (excluding diaryl/α,β-unsaturated/α-hetero) is 1. The van der Waals surface area contributed by atoms with Gasteiger partial charge in [-0.05, 0) is 60.1 Å². The van der Waals surface area contributed by atoms with E-state index in [-0.39, 0.29) is 92.2 Å². The molecule has 4 aliphatic rings. The minimum atomic E-state index is -4.46. The molecule has 7 amide bonds. The van der Waals surface area contributed by atoms with E-state index in [1.165, 1.54) is 42.1 Å². The van der Waals surface area contributed by atoms with E-state index in [9.17, 15) is 52.5 Å². The first kappa shape index (κ1) is 72.5. The lowest BCUT2D eigenvalue weighted by atomic mass is 9.89. The zero-order valence-electron chi connectivity index (χ0n) is 51.3. The molecule has 4 fully saturated rings. The number of nitrogen functional groups attached to an aromatic ring is 1. The first-order chi connectivity index (χ1) is 45.5. The number of hydrogen-bond acceptors (Lipinski definition) is 25. The van der Waals surface area contributed by atoms with Gasteiger partial charge in [0.1, 0.15) is 62.0 Å². The Morgan fingerprint density at radius 2 is 1.38 bits per heavy atom. The topological polar surface area (TPSA) is 474 Å². The number of carbonyl (C=O) groups is 8. The summed E-state index contributed by atoms with van der Waals surface area (Å²) in [6, 6.07) is 3.29. The van der Waals surface area contributed by atoms with Crippen molar-refractivity contribution in [1.29, 1.82) is 0 Å². The van der Waals surface area contributed by atoms with Gasteiger partial charge in [0.25, 0.3) is 0 Å². The number of imidazole rings is 2. The van der Waals surface area contributed by atoms with Crippen LogP contribution in [0.2, 0.25) is 0 Å². The molecule has 522 valence electrons. The van der Waals surface area contributed by atoms with Crippen LogP contribution in [0.1, 0.15) is 77.3 Å². The third-order valence-corrected chi connectivity index (χ3v) is 18.8. The maximum Gasteiger partial charge on any atom is 0.412 e. The number of carbonyl (C=O) groups excluding carboxylic acids is 7. The molecule has 0 radical (unpaired) electrons. The number of aliphatic carboxylic acids is 1. The lowest BCUT2D eigenvalue weighted by molar-refractivity contribution is -0.143. The Labute approximate surface area is 553 Å². The summed E-state index contributed by atoms with van der Waals surface area (Å²) in [7, 11) is 0. The number of nitrogens with zero attached hydrogens (tertiary/aromatic N) is 9. The predicted octanol–water partition coefficient (Wildman–Crippen LogP) is 2.99. The standard InChI is InChI=1S/C54H69F3N16O19P2S2/c1-25(2)39(69-35(75)10-12-60-36(76)13-26(3)51(78)79)32(74)14-28(5-4-11-61-52(59)80)48(77)68-30-8-6-27(7-9-30)17-86-54(82)71-16-29(55)15-31(71)18-85-53(81)70-45-41-47(65-22-63-45)73(24-67-41)50-38(57)43-34(90-50)20-88-93(83,95)91-42-33(19-87-94(84,96)92-43)89-49(37(42)56)72-23-66-40-44(58)62-21-64-46(40)72/h6-9,21-26,28-29,31,33-34,37-39,42-43,49-50H,4-5,10-20H2,1-3H3,(H,60,76)(H,68,77)(H,69,75)(H,78,79)(H,83,95)(H,84,96)(H2,58,62,64)(H3,59,61,80)(H,63,65,70,81)/t26?,28-,29+,31+,33-,34-,37-,38-,39+,42-,43-,49-,50-,93?,94?/m1/s1. The maximum absolute atomic E-state index is 16.8. The monoisotopic (exact) mass is 1430 g/mol. The van der Waals surface area contributed by atoms with Gasteiger partial charge in [-0.15, -0.1) is 0 Å². The van der Waals surface area contributed by atoms with Crippen LogP contribution >= 0.6 is 13.4 Å². The molecule has 0 saturated carbocycles. The number of urea groups is 1. The SMILES string of the molecule is CC(CC(=O)NCCC(=O)N[C@H](C(=O)C[C@@H](CCCNC(N)=O)C(=O)Nc1ccc(COC(=O)N2C[C@@H](F)C[C@H]2COC(=O)Nc2ncnc3c2ncn3[C@@H]2O[C@@H]3COP(O)(=S)O[C@H]4[C@@H](F)[C@H](n5cnc6c(N)ncnc65)O[C@@H]4COP(O)(=S)O[C@H]3[C@H]2F)cc1)C(C)C)C(=O)O. The van der Waals surface area contributed by atoms with Crippen molar-refractivity contribution >= 4 is 124 Å². The number of rotatable bonds is 24. The van der Waals surface area contributed by atoms with Crippen molar-refractivity contribution in [3.8, 4) is 0 Å². The molecular weight excluding hydrogens is 1360 g/mol. The number of carboxylic acid groups (broad SMARTS) is 1. The van der Waals surface area contributed by atoms with Crippen LogP contribution in [0, 0.1) is 17.8 Å². The molecule has 8 heterocycles. The Hall–Kier alpha value is -7.75. The fourth-order valence-electron chi connectivity index (χ4n) is 10.8. The van der Waals surface area contributed by atoms with Gasteiger partial charge in [0, 0.05) is 50.4 Å². The molecule has 0 aliphatic carbocycles. The average molecular weight is 1430 g/mol. The van der Waals surface area contributed by atoms with E-state index in [4.69, 9.17) is 77.2 Å². The molecule has 0 spiro atoms. The van der Waals surface area contributed by atoms with Crippen molar-refractivity contribution in [3.63, 3.8) is 0 Å². The highest BCUT2D eigenvalue weighted by atomic mass is 32.5. The van der Waals surface area contributed by atoms with Crippen molar-refractivity contribution in [2.45, 2.75) is 133 Å². The van der Waals surface area contributed by atoms with Crippen LogP contribution in [-0.2, 0) is 91.2 Å². The fourth-order valence-corrected chi connectivity index (χ4v) is 13.7. The van der Waals surface area contributed by atoms with Crippen LogP contribution < -0.4 is 38.1 Å². The van der Waals surface area contributed by atoms with Crippen LogP contribution in [0.3, 0.4) is 0 Å². The second-order valence-corrected chi connectivity index (χ2v) is 28.6. The summed E-state index contributed by atoms with van der Waals surface area (Å²) in [6.07, 6.45) is -13.8. The minimum absolute atomic E-state index is 0.00362. The van der Waals surface area contributed by atoms with Gasteiger partial charge in [0.2, 0.25) is 17.7 Å². The number of fused-ring (bicyclic) bond motifs is 4. The number of ketones is 1. The summed E-state index contributed by atoms with van der Waals surface area (Å²) in [5.74, 6) is -5.83. The number of aromatic nitrogens is 8. The van der Waals surface area contributed by atoms with Crippen LogP contribution in [0.4, 0.5) is 44.9 Å². The normalized spacial score (nSPS) is 26.9. The van der Waals surface area contributed by atoms with Crippen LogP contribution in [0.25, 0.3) is 22.3 Å². The summed E-state index contributed by atoms with van der Waals surface area (Å²) in [5, 5.41) is 21.8. The molecule has 4 saturated heterocycles. The third kappa shape index (κ3) is 18.3. The highest BCUT2D eigenvalue weighted by molar-refractivity contribution is 8.07. The summed E-state index contributed by atoms with van der Waals surface area (Å²) in [6.45, 7) is -6.86. The Morgan fingerprint density at radius 3 is 1.98 bits per heavy atom. The van der Waals surface area contributed by atoms with E-state index in [0.717, 1.165) is 28.4 Å². The average Bonchev–Trinajstić information content (AvgIpc) is 1.62. The smallest absolute Gasteiger partial charge is 0.412 e. The zero-order chi connectivity index (χ0) is 69.3. The number of primary amides is 1. The number of benzene rings is 1. The zero-order valence-corrected chi connectivity index (χ0v) is 54.7. The van der Waals surface area contributed by atoms with Crippen molar-refractivity contribution in [2.75, 3.05) is 55.8 Å². The second kappa shape index (κ2) is 31.6. The predicted molar refractivity (Wildman–Crippen MR) is 333 cm³/mol. The molecular formula is C54H69F3N16O19P2S2. The van der Waals surface area contributed by atoms with Gasteiger partial charge in [0.15, 0.2) is 59.0 Å². The molecule has 3 unspecified atom stereocenters. The molecule has 96 heavy (non-hydrogen) atoms. The van der Waals surface area contributed by atoms with E-state index in [1.54, 1.807) is 13.8 Å². The number of halogens is 3. The highest BCUT2D eigenvalue weighted by Crippen LogP contribution is 2.55.